The quantitative estimate of drug-likeness (QED) is 0.902. The molecule has 2 atom stereocenters. The van der Waals surface area contributed by atoms with Gasteiger partial charge in [0, 0.05) is 24.1 Å². The minimum Gasteiger partial charge on any atom is -0.493 e. The van der Waals surface area contributed by atoms with Gasteiger partial charge in [-0.2, -0.15) is 0 Å². The van der Waals surface area contributed by atoms with E-state index in [4.69, 9.17) is 4.74 Å². The maximum absolute atomic E-state index is 5.74. The summed E-state index contributed by atoms with van der Waals surface area (Å²) in [5.41, 5.74) is 2.65. The Labute approximate surface area is 114 Å². The van der Waals surface area contributed by atoms with Crippen LogP contribution in [0.5, 0.6) is 5.75 Å². The third kappa shape index (κ3) is 2.64. The molecule has 1 aliphatic rings. The van der Waals surface area contributed by atoms with E-state index in [-0.39, 0.29) is 0 Å². The highest BCUT2D eigenvalue weighted by Crippen LogP contribution is 2.35. The Morgan fingerprint density at radius 3 is 2.68 bits per heavy atom. The summed E-state index contributed by atoms with van der Waals surface area (Å²) in [6, 6.07) is 19.3. The number of benzene rings is 2. The zero-order valence-electron chi connectivity index (χ0n) is 11.2. The largest absolute Gasteiger partial charge is 0.493 e. The van der Waals surface area contributed by atoms with Gasteiger partial charge in [-0.1, -0.05) is 48.5 Å². The van der Waals surface area contributed by atoms with Gasteiger partial charge >= 0.3 is 0 Å². The van der Waals surface area contributed by atoms with Gasteiger partial charge in [0.05, 0.1) is 6.61 Å². The lowest BCUT2D eigenvalue weighted by atomic mass is 9.94. The van der Waals surface area contributed by atoms with Gasteiger partial charge in [0.15, 0.2) is 0 Å². The van der Waals surface area contributed by atoms with E-state index in [1.807, 2.05) is 12.1 Å². The van der Waals surface area contributed by atoms with Crippen LogP contribution in [0.25, 0.3) is 0 Å². The first kappa shape index (κ1) is 12.2. The molecule has 0 spiro atoms. The van der Waals surface area contributed by atoms with Crippen molar-refractivity contribution in [3.05, 3.63) is 65.7 Å². The summed E-state index contributed by atoms with van der Waals surface area (Å²) in [6.07, 6.45) is 0. The molecule has 2 unspecified atom stereocenters. The zero-order valence-corrected chi connectivity index (χ0v) is 11.2. The molecule has 0 saturated heterocycles. The van der Waals surface area contributed by atoms with Crippen molar-refractivity contribution in [3.8, 4) is 5.75 Å². The molecule has 0 fully saturated rings. The average Bonchev–Trinajstić information content (AvgIpc) is 2.90. The Balaban J connectivity index is 1.64. The van der Waals surface area contributed by atoms with Crippen molar-refractivity contribution in [2.75, 3.05) is 6.61 Å². The third-order valence-electron chi connectivity index (χ3n) is 3.81. The van der Waals surface area contributed by atoms with Gasteiger partial charge in [0.25, 0.3) is 0 Å². The molecule has 0 saturated carbocycles. The van der Waals surface area contributed by atoms with E-state index in [0.29, 0.717) is 12.0 Å². The summed E-state index contributed by atoms with van der Waals surface area (Å²) in [5.74, 6) is 1.49. The van der Waals surface area contributed by atoms with E-state index in [1.54, 1.807) is 0 Å². The van der Waals surface area contributed by atoms with Crippen molar-refractivity contribution in [1.29, 1.82) is 0 Å². The molecule has 0 bridgehead atoms. The Morgan fingerprint density at radius 2 is 1.84 bits per heavy atom. The molecule has 0 amide bonds. The molecule has 0 aliphatic carbocycles. The summed E-state index contributed by atoms with van der Waals surface area (Å²) < 4.78 is 5.74. The van der Waals surface area contributed by atoms with Crippen molar-refractivity contribution < 1.29 is 4.74 Å². The molecule has 0 aromatic heterocycles. The van der Waals surface area contributed by atoms with Crippen molar-refractivity contribution in [2.45, 2.75) is 25.4 Å². The van der Waals surface area contributed by atoms with Crippen LogP contribution in [-0.2, 0) is 6.54 Å². The molecule has 2 nitrogen and oxygen atoms in total. The second kappa shape index (κ2) is 5.45. The predicted octanol–water partition coefficient (Wildman–Crippen LogP) is 3.34. The standard InChI is InChI=1S/C17H19NO/c1-13(18-11-14-7-3-2-4-8-14)16-12-19-17-10-6-5-9-15(16)17/h2-10,13,16,18H,11-12H2,1H3. The smallest absolute Gasteiger partial charge is 0.122 e. The van der Waals surface area contributed by atoms with Crippen molar-refractivity contribution in [3.63, 3.8) is 0 Å². The molecule has 1 N–H and O–H groups in total. The molecule has 1 aliphatic heterocycles. The number of fused-ring (bicyclic) bond motifs is 1. The fourth-order valence-electron chi connectivity index (χ4n) is 2.62. The first-order valence-corrected chi connectivity index (χ1v) is 6.83. The number of rotatable bonds is 4. The predicted molar refractivity (Wildman–Crippen MR) is 77.4 cm³/mol. The van der Waals surface area contributed by atoms with Gasteiger partial charge in [-0.15, -0.1) is 0 Å². The first-order valence-electron chi connectivity index (χ1n) is 6.83. The highest BCUT2D eigenvalue weighted by Gasteiger charge is 2.28. The fourth-order valence-corrected chi connectivity index (χ4v) is 2.62. The Morgan fingerprint density at radius 1 is 1.11 bits per heavy atom. The minimum absolute atomic E-state index is 0.406. The SMILES string of the molecule is CC(NCc1ccccc1)C1COc2ccccc21. The molecular formula is C17H19NO. The van der Waals surface area contributed by atoms with E-state index in [2.05, 4.69) is 54.7 Å². The van der Waals surface area contributed by atoms with E-state index in [1.165, 1.54) is 11.1 Å². The number of para-hydroxylation sites is 1. The number of hydrogen-bond acceptors (Lipinski definition) is 2. The van der Waals surface area contributed by atoms with E-state index in [0.717, 1.165) is 18.9 Å². The molecule has 19 heavy (non-hydrogen) atoms. The van der Waals surface area contributed by atoms with Crippen LogP contribution in [0.3, 0.4) is 0 Å². The van der Waals surface area contributed by atoms with Crippen LogP contribution in [0.4, 0.5) is 0 Å². The monoisotopic (exact) mass is 253 g/mol. The highest BCUT2D eigenvalue weighted by molar-refractivity contribution is 5.40. The molecule has 2 aromatic carbocycles. The fraction of sp³-hybridized carbons (Fsp3) is 0.294. The lowest BCUT2D eigenvalue weighted by molar-refractivity contribution is 0.303. The summed E-state index contributed by atoms with van der Waals surface area (Å²) in [7, 11) is 0. The summed E-state index contributed by atoms with van der Waals surface area (Å²) in [5, 5.41) is 3.60. The van der Waals surface area contributed by atoms with Crippen LogP contribution in [0, 0.1) is 0 Å². The van der Waals surface area contributed by atoms with Gasteiger partial charge in [0.2, 0.25) is 0 Å². The molecule has 98 valence electrons. The number of ether oxygens (including phenoxy) is 1. The maximum atomic E-state index is 5.74. The Hall–Kier alpha value is -1.80. The van der Waals surface area contributed by atoms with Crippen LogP contribution < -0.4 is 10.1 Å². The van der Waals surface area contributed by atoms with Gasteiger partial charge in [-0.3, -0.25) is 0 Å². The number of nitrogens with one attached hydrogen (secondary N) is 1. The van der Waals surface area contributed by atoms with Crippen molar-refractivity contribution >= 4 is 0 Å². The van der Waals surface area contributed by atoms with Gasteiger partial charge in [0.1, 0.15) is 5.75 Å². The number of hydrogen-bond donors (Lipinski definition) is 1. The van der Waals surface area contributed by atoms with E-state index < -0.39 is 0 Å². The molecule has 2 heteroatoms. The molecular weight excluding hydrogens is 234 g/mol. The average molecular weight is 253 g/mol. The Kier molecular flexibility index (Phi) is 3.51. The molecule has 3 rings (SSSR count). The highest BCUT2D eigenvalue weighted by atomic mass is 16.5. The summed E-state index contributed by atoms with van der Waals surface area (Å²) >= 11 is 0. The first-order chi connectivity index (χ1) is 9.34. The second-order valence-electron chi connectivity index (χ2n) is 5.11. The second-order valence-corrected chi connectivity index (χ2v) is 5.11. The van der Waals surface area contributed by atoms with Crippen LogP contribution in [-0.4, -0.2) is 12.6 Å². The van der Waals surface area contributed by atoms with Gasteiger partial charge in [-0.25, -0.2) is 0 Å². The summed E-state index contributed by atoms with van der Waals surface area (Å²) in [6.45, 7) is 3.92. The lowest BCUT2D eigenvalue weighted by Gasteiger charge is -2.20. The third-order valence-corrected chi connectivity index (χ3v) is 3.81. The summed E-state index contributed by atoms with van der Waals surface area (Å²) in [4.78, 5) is 0. The van der Waals surface area contributed by atoms with Crippen molar-refractivity contribution in [1.82, 2.24) is 5.32 Å². The van der Waals surface area contributed by atoms with Gasteiger partial charge in [-0.05, 0) is 18.6 Å². The zero-order chi connectivity index (χ0) is 13.1. The van der Waals surface area contributed by atoms with Crippen LogP contribution >= 0.6 is 0 Å². The minimum atomic E-state index is 0.406. The van der Waals surface area contributed by atoms with Crippen molar-refractivity contribution in [2.24, 2.45) is 0 Å². The van der Waals surface area contributed by atoms with Crippen LogP contribution in [0.2, 0.25) is 0 Å². The van der Waals surface area contributed by atoms with Crippen LogP contribution in [0.1, 0.15) is 24.0 Å². The normalized spacial score (nSPS) is 18.7. The Bertz CT molecular complexity index is 538. The topological polar surface area (TPSA) is 21.3 Å². The molecule has 0 radical (unpaired) electrons. The molecule has 1 heterocycles. The maximum Gasteiger partial charge on any atom is 0.122 e. The molecule has 2 aromatic rings. The van der Waals surface area contributed by atoms with E-state index in [9.17, 15) is 0 Å². The lowest BCUT2D eigenvalue weighted by Crippen LogP contribution is -2.32. The van der Waals surface area contributed by atoms with Gasteiger partial charge < -0.3 is 10.1 Å². The van der Waals surface area contributed by atoms with E-state index >= 15 is 0 Å². The van der Waals surface area contributed by atoms with Crippen LogP contribution in [0.15, 0.2) is 54.6 Å².